The standard InChI is InChI=1S/C17H15FN4O2S/c18-11-6-10(7-12(25)8-11)13-2-1-5-21(13)16-4-3-15-19-9-14(17(23)24)22(15)20-16/h3-4,6-9,13,25H,1-2,5H2,(H,23,24)/t13-/m1/s1. The van der Waals surface area contributed by atoms with Gasteiger partial charge in [0.2, 0.25) is 0 Å². The van der Waals surface area contributed by atoms with Crippen molar-refractivity contribution >= 4 is 30.1 Å². The maximum Gasteiger partial charge on any atom is 0.356 e. The number of carbonyl (C=O) groups is 1. The van der Waals surface area contributed by atoms with E-state index in [1.807, 2.05) is 12.1 Å². The topological polar surface area (TPSA) is 70.7 Å². The van der Waals surface area contributed by atoms with E-state index in [0.29, 0.717) is 16.4 Å². The van der Waals surface area contributed by atoms with Gasteiger partial charge in [-0.25, -0.2) is 18.7 Å². The van der Waals surface area contributed by atoms with E-state index in [0.717, 1.165) is 24.9 Å². The number of carboxylic acids is 1. The number of hydrogen-bond donors (Lipinski definition) is 2. The largest absolute Gasteiger partial charge is 0.476 e. The Morgan fingerprint density at radius 1 is 1.32 bits per heavy atom. The fraction of sp³-hybridized carbons (Fsp3) is 0.235. The molecule has 128 valence electrons. The van der Waals surface area contributed by atoms with Gasteiger partial charge in [-0.05, 0) is 48.7 Å². The Balaban J connectivity index is 1.76. The van der Waals surface area contributed by atoms with Crippen molar-refractivity contribution in [3.8, 4) is 0 Å². The molecular formula is C17H15FN4O2S. The second kappa shape index (κ2) is 6.03. The quantitative estimate of drug-likeness (QED) is 0.704. The van der Waals surface area contributed by atoms with Crippen molar-refractivity contribution in [3.63, 3.8) is 0 Å². The molecule has 0 spiro atoms. The van der Waals surface area contributed by atoms with E-state index in [1.165, 1.54) is 22.8 Å². The molecule has 1 aliphatic rings. The van der Waals surface area contributed by atoms with Crippen LogP contribution in [-0.4, -0.2) is 32.2 Å². The number of hydrogen-bond acceptors (Lipinski definition) is 5. The van der Waals surface area contributed by atoms with E-state index >= 15 is 0 Å². The molecule has 1 N–H and O–H groups in total. The molecule has 0 unspecified atom stereocenters. The number of anilines is 1. The minimum atomic E-state index is -1.08. The van der Waals surface area contributed by atoms with Crippen LogP contribution in [0.1, 0.15) is 34.9 Å². The van der Waals surface area contributed by atoms with Crippen LogP contribution in [0, 0.1) is 5.82 Å². The second-order valence-electron chi connectivity index (χ2n) is 6.00. The predicted molar refractivity (Wildman–Crippen MR) is 92.9 cm³/mol. The van der Waals surface area contributed by atoms with Crippen molar-refractivity contribution in [1.82, 2.24) is 14.6 Å². The van der Waals surface area contributed by atoms with E-state index in [4.69, 9.17) is 0 Å². The normalized spacial score (nSPS) is 17.4. The third kappa shape index (κ3) is 2.82. The Labute approximate surface area is 148 Å². The average molecular weight is 358 g/mol. The molecule has 1 fully saturated rings. The average Bonchev–Trinajstić information content (AvgIpc) is 3.20. The highest BCUT2D eigenvalue weighted by molar-refractivity contribution is 7.80. The summed E-state index contributed by atoms with van der Waals surface area (Å²) in [6.07, 6.45) is 3.10. The molecule has 0 radical (unpaired) electrons. The first-order chi connectivity index (χ1) is 12.0. The van der Waals surface area contributed by atoms with Crippen molar-refractivity contribution in [3.05, 3.63) is 53.6 Å². The molecule has 6 nitrogen and oxygen atoms in total. The van der Waals surface area contributed by atoms with E-state index in [-0.39, 0.29) is 17.6 Å². The van der Waals surface area contributed by atoms with Gasteiger partial charge in [0.05, 0.1) is 12.2 Å². The van der Waals surface area contributed by atoms with E-state index in [9.17, 15) is 14.3 Å². The minimum Gasteiger partial charge on any atom is -0.476 e. The highest BCUT2D eigenvalue weighted by Crippen LogP contribution is 2.36. The van der Waals surface area contributed by atoms with Crippen LogP contribution in [0.25, 0.3) is 5.65 Å². The molecule has 1 atom stereocenters. The number of nitrogens with zero attached hydrogens (tertiary/aromatic N) is 4. The van der Waals surface area contributed by atoms with Gasteiger partial charge in [0.25, 0.3) is 0 Å². The molecule has 25 heavy (non-hydrogen) atoms. The Bertz CT molecular complexity index is 954. The molecule has 3 aromatic rings. The van der Waals surface area contributed by atoms with Crippen molar-refractivity contribution in [1.29, 1.82) is 0 Å². The van der Waals surface area contributed by atoms with Gasteiger partial charge < -0.3 is 10.0 Å². The molecule has 1 aromatic carbocycles. The summed E-state index contributed by atoms with van der Waals surface area (Å²) in [6.45, 7) is 0.763. The van der Waals surface area contributed by atoms with Crippen LogP contribution in [-0.2, 0) is 0 Å². The number of halogens is 1. The van der Waals surface area contributed by atoms with Gasteiger partial charge in [-0.15, -0.1) is 17.7 Å². The second-order valence-corrected chi connectivity index (χ2v) is 6.52. The Kier molecular flexibility index (Phi) is 3.84. The Morgan fingerprint density at radius 2 is 2.16 bits per heavy atom. The lowest BCUT2D eigenvalue weighted by atomic mass is 10.0. The van der Waals surface area contributed by atoms with Gasteiger partial charge in [-0.3, -0.25) is 0 Å². The monoisotopic (exact) mass is 358 g/mol. The fourth-order valence-corrected chi connectivity index (χ4v) is 3.61. The van der Waals surface area contributed by atoms with E-state index < -0.39 is 5.97 Å². The maximum absolute atomic E-state index is 13.8. The molecular weight excluding hydrogens is 343 g/mol. The summed E-state index contributed by atoms with van der Waals surface area (Å²) in [5, 5.41) is 13.7. The fourth-order valence-electron chi connectivity index (χ4n) is 3.34. The number of thiol groups is 1. The Morgan fingerprint density at radius 3 is 2.92 bits per heavy atom. The van der Waals surface area contributed by atoms with Gasteiger partial charge in [-0.1, -0.05) is 0 Å². The summed E-state index contributed by atoms with van der Waals surface area (Å²) in [7, 11) is 0. The van der Waals surface area contributed by atoms with Gasteiger partial charge in [0.1, 0.15) is 11.6 Å². The number of fused-ring (bicyclic) bond motifs is 1. The van der Waals surface area contributed by atoms with Crippen LogP contribution in [0.2, 0.25) is 0 Å². The minimum absolute atomic E-state index is 0.0102. The van der Waals surface area contributed by atoms with Gasteiger partial charge in [0, 0.05) is 11.4 Å². The van der Waals surface area contributed by atoms with Crippen molar-refractivity contribution in [2.24, 2.45) is 0 Å². The zero-order chi connectivity index (χ0) is 17.6. The predicted octanol–water partition coefficient (Wildman–Crippen LogP) is 3.20. The number of imidazole rings is 1. The lowest BCUT2D eigenvalue weighted by Crippen LogP contribution is -2.24. The smallest absolute Gasteiger partial charge is 0.356 e. The first-order valence-corrected chi connectivity index (χ1v) is 8.32. The van der Waals surface area contributed by atoms with Crippen LogP contribution in [0.5, 0.6) is 0 Å². The van der Waals surface area contributed by atoms with E-state index in [2.05, 4.69) is 27.6 Å². The molecule has 3 heterocycles. The molecule has 1 aliphatic heterocycles. The Hall–Kier alpha value is -2.61. The molecule has 0 aliphatic carbocycles. The molecule has 1 saturated heterocycles. The molecule has 2 aromatic heterocycles. The van der Waals surface area contributed by atoms with Crippen LogP contribution in [0.15, 0.2) is 41.4 Å². The zero-order valence-electron chi connectivity index (χ0n) is 13.1. The first-order valence-electron chi connectivity index (χ1n) is 7.87. The number of aromatic carboxylic acids is 1. The SMILES string of the molecule is O=C(O)c1cnc2ccc(N3CCC[C@@H]3c3cc(F)cc(S)c3)nn12. The van der Waals surface area contributed by atoms with Crippen LogP contribution in [0.3, 0.4) is 0 Å². The molecule has 0 saturated carbocycles. The van der Waals surface area contributed by atoms with Crippen LogP contribution in [0.4, 0.5) is 10.2 Å². The first kappa shape index (κ1) is 15.9. The van der Waals surface area contributed by atoms with Crippen LogP contribution < -0.4 is 4.90 Å². The zero-order valence-corrected chi connectivity index (χ0v) is 14.0. The van der Waals surface area contributed by atoms with Crippen LogP contribution >= 0.6 is 12.6 Å². The number of carboxylic acid groups (broad SMARTS) is 1. The van der Waals surface area contributed by atoms with Crippen molar-refractivity contribution in [2.45, 2.75) is 23.8 Å². The van der Waals surface area contributed by atoms with Gasteiger partial charge >= 0.3 is 5.97 Å². The molecule has 8 heteroatoms. The summed E-state index contributed by atoms with van der Waals surface area (Å²) in [4.78, 5) is 18.0. The number of aromatic nitrogens is 3. The third-order valence-electron chi connectivity index (χ3n) is 4.40. The number of benzene rings is 1. The highest BCUT2D eigenvalue weighted by Gasteiger charge is 2.28. The molecule has 0 bridgehead atoms. The summed E-state index contributed by atoms with van der Waals surface area (Å²) >= 11 is 4.26. The van der Waals surface area contributed by atoms with E-state index in [1.54, 1.807) is 6.07 Å². The number of rotatable bonds is 3. The third-order valence-corrected chi connectivity index (χ3v) is 4.66. The van der Waals surface area contributed by atoms with Gasteiger partial charge in [0.15, 0.2) is 11.3 Å². The maximum atomic E-state index is 13.8. The molecule has 4 rings (SSSR count). The van der Waals surface area contributed by atoms with Crippen molar-refractivity contribution < 1.29 is 14.3 Å². The summed E-state index contributed by atoms with van der Waals surface area (Å²) in [5.74, 6) is -0.763. The lowest BCUT2D eigenvalue weighted by Gasteiger charge is -2.26. The molecule has 0 amide bonds. The summed E-state index contributed by atoms with van der Waals surface area (Å²) in [6, 6.07) is 8.27. The summed E-state index contributed by atoms with van der Waals surface area (Å²) < 4.78 is 15.1. The highest BCUT2D eigenvalue weighted by atomic mass is 32.1. The van der Waals surface area contributed by atoms with Crippen molar-refractivity contribution in [2.75, 3.05) is 11.4 Å². The summed E-state index contributed by atoms with van der Waals surface area (Å²) in [5.41, 5.74) is 1.32. The lowest BCUT2D eigenvalue weighted by molar-refractivity contribution is 0.0688. The van der Waals surface area contributed by atoms with Gasteiger partial charge in [-0.2, -0.15) is 0 Å².